The number of pyridine rings is 1. The maximum atomic E-state index is 10.7. The van der Waals surface area contributed by atoms with E-state index in [-0.39, 0.29) is 0 Å². The SMILES string of the molecule is CCc1cnccc1C(O)c1ccccc1OCCOC. The minimum Gasteiger partial charge on any atom is -0.491 e. The largest absolute Gasteiger partial charge is 0.491 e. The summed E-state index contributed by atoms with van der Waals surface area (Å²) in [6.07, 6.45) is 3.60. The summed E-state index contributed by atoms with van der Waals surface area (Å²) in [7, 11) is 1.63. The number of methoxy groups -OCH3 is 1. The molecule has 0 saturated carbocycles. The third-order valence-electron chi connectivity index (χ3n) is 3.38. The van der Waals surface area contributed by atoms with Gasteiger partial charge in [-0.3, -0.25) is 4.98 Å². The first-order valence-corrected chi connectivity index (χ1v) is 7.09. The topological polar surface area (TPSA) is 51.6 Å². The molecule has 0 amide bonds. The molecule has 0 aliphatic heterocycles. The van der Waals surface area contributed by atoms with Crippen LogP contribution in [0.4, 0.5) is 0 Å². The van der Waals surface area contributed by atoms with Crippen molar-refractivity contribution < 1.29 is 14.6 Å². The number of hydrogen-bond acceptors (Lipinski definition) is 4. The van der Waals surface area contributed by atoms with Crippen molar-refractivity contribution in [2.24, 2.45) is 0 Å². The summed E-state index contributed by atoms with van der Waals surface area (Å²) in [5.74, 6) is 0.681. The van der Waals surface area contributed by atoms with Gasteiger partial charge in [-0.2, -0.15) is 0 Å². The molecule has 2 aromatic rings. The van der Waals surface area contributed by atoms with E-state index in [4.69, 9.17) is 9.47 Å². The van der Waals surface area contributed by atoms with Gasteiger partial charge >= 0.3 is 0 Å². The molecule has 2 rings (SSSR count). The van der Waals surface area contributed by atoms with Crippen LogP contribution in [0, 0.1) is 0 Å². The Morgan fingerprint density at radius 1 is 1.14 bits per heavy atom. The molecule has 0 aliphatic rings. The van der Waals surface area contributed by atoms with Crippen LogP contribution >= 0.6 is 0 Å². The quantitative estimate of drug-likeness (QED) is 0.796. The van der Waals surface area contributed by atoms with Gasteiger partial charge in [0.25, 0.3) is 0 Å². The van der Waals surface area contributed by atoms with Crippen molar-refractivity contribution in [1.82, 2.24) is 4.98 Å². The second-order valence-corrected chi connectivity index (χ2v) is 4.71. The van der Waals surface area contributed by atoms with Crippen LogP contribution in [0.25, 0.3) is 0 Å². The summed E-state index contributed by atoms with van der Waals surface area (Å²) in [6.45, 7) is 3.02. The maximum absolute atomic E-state index is 10.7. The summed E-state index contributed by atoms with van der Waals surface area (Å²) in [5, 5.41) is 10.7. The van der Waals surface area contributed by atoms with E-state index in [2.05, 4.69) is 4.98 Å². The van der Waals surface area contributed by atoms with Crippen molar-refractivity contribution in [3.8, 4) is 5.75 Å². The number of aliphatic hydroxyl groups is 1. The average molecular weight is 287 g/mol. The van der Waals surface area contributed by atoms with Gasteiger partial charge in [0.2, 0.25) is 0 Å². The highest BCUT2D eigenvalue weighted by molar-refractivity contribution is 5.42. The van der Waals surface area contributed by atoms with Crippen LogP contribution in [0.3, 0.4) is 0 Å². The number of rotatable bonds is 7. The van der Waals surface area contributed by atoms with Gasteiger partial charge in [-0.15, -0.1) is 0 Å². The van der Waals surface area contributed by atoms with Gasteiger partial charge in [-0.1, -0.05) is 25.1 Å². The molecule has 21 heavy (non-hydrogen) atoms. The summed E-state index contributed by atoms with van der Waals surface area (Å²) in [5.41, 5.74) is 2.67. The Labute approximate surface area is 125 Å². The number of ether oxygens (including phenoxy) is 2. The molecular weight excluding hydrogens is 266 g/mol. The molecule has 0 spiro atoms. The zero-order chi connectivity index (χ0) is 15.1. The Bertz CT molecular complexity index is 571. The lowest BCUT2D eigenvalue weighted by Crippen LogP contribution is -2.09. The number of benzene rings is 1. The summed E-state index contributed by atoms with van der Waals surface area (Å²) in [4.78, 5) is 4.12. The molecule has 0 radical (unpaired) electrons. The lowest BCUT2D eigenvalue weighted by Gasteiger charge is -2.18. The highest BCUT2D eigenvalue weighted by Crippen LogP contribution is 2.31. The zero-order valence-electron chi connectivity index (χ0n) is 12.5. The minimum absolute atomic E-state index is 0.456. The second-order valence-electron chi connectivity index (χ2n) is 4.71. The van der Waals surface area contributed by atoms with Crippen molar-refractivity contribution in [2.75, 3.05) is 20.3 Å². The normalized spacial score (nSPS) is 12.1. The predicted octanol–water partition coefficient (Wildman–Crippen LogP) is 2.75. The predicted molar refractivity (Wildman–Crippen MR) is 81.5 cm³/mol. The van der Waals surface area contributed by atoms with Gasteiger partial charge in [0.15, 0.2) is 0 Å². The van der Waals surface area contributed by atoms with Gasteiger partial charge in [0.05, 0.1) is 6.61 Å². The Morgan fingerprint density at radius 3 is 2.71 bits per heavy atom. The van der Waals surface area contributed by atoms with E-state index < -0.39 is 6.10 Å². The average Bonchev–Trinajstić information content (AvgIpc) is 2.55. The van der Waals surface area contributed by atoms with Crippen molar-refractivity contribution >= 4 is 0 Å². The highest BCUT2D eigenvalue weighted by Gasteiger charge is 2.17. The first kappa shape index (κ1) is 15.5. The molecule has 4 heteroatoms. The molecule has 1 N–H and O–H groups in total. The molecule has 0 aliphatic carbocycles. The van der Waals surface area contributed by atoms with E-state index in [1.54, 1.807) is 19.5 Å². The molecule has 4 nitrogen and oxygen atoms in total. The van der Waals surface area contributed by atoms with Crippen LogP contribution in [0.1, 0.15) is 29.7 Å². The van der Waals surface area contributed by atoms with Gasteiger partial charge < -0.3 is 14.6 Å². The van der Waals surface area contributed by atoms with Crippen LogP contribution in [0.5, 0.6) is 5.75 Å². The Hall–Kier alpha value is -1.91. The van der Waals surface area contributed by atoms with E-state index in [1.165, 1.54) is 0 Å². The van der Waals surface area contributed by atoms with E-state index in [1.807, 2.05) is 37.3 Å². The van der Waals surface area contributed by atoms with Crippen LogP contribution in [-0.2, 0) is 11.2 Å². The standard InChI is InChI=1S/C17H21NO3/c1-3-13-12-18-9-8-14(13)17(19)15-6-4-5-7-16(15)21-11-10-20-2/h4-9,12,17,19H,3,10-11H2,1-2H3. The molecule has 1 heterocycles. The number of aromatic nitrogens is 1. The number of nitrogens with zero attached hydrogens (tertiary/aromatic N) is 1. The molecule has 1 atom stereocenters. The molecule has 112 valence electrons. The van der Waals surface area contributed by atoms with E-state index in [9.17, 15) is 5.11 Å². The van der Waals surface area contributed by atoms with Gasteiger partial charge in [0.1, 0.15) is 18.5 Å². The Kier molecular flexibility index (Phi) is 5.72. The fourth-order valence-corrected chi connectivity index (χ4v) is 2.24. The molecule has 0 fully saturated rings. The monoisotopic (exact) mass is 287 g/mol. The second kappa shape index (κ2) is 7.76. The van der Waals surface area contributed by atoms with E-state index in [0.717, 1.165) is 23.1 Å². The number of hydrogen-bond donors (Lipinski definition) is 1. The minimum atomic E-state index is -0.721. The molecule has 0 saturated heterocycles. The van der Waals surface area contributed by atoms with Gasteiger partial charge in [-0.05, 0) is 29.7 Å². The van der Waals surface area contributed by atoms with Crippen molar-refractivity contribution in [1.29, 1.82) is 0 Å². The molecule has 0 bridgehead atoms. The Balaban J connectivity index is 2.28. The lowest BCUT2D eigenvalue weighted by molar-refractivity contribution is 0.142. The van der Waals surface area contributed by atoms with Crippen LogP contribution < -0.4 is 4.74 Å². The van der Waals surface area contributed by atoms with Crippen molar-refractivity contribution in [3.63, 3.8) is 0 Å². The number of aryl methyl sites for hydroxylation is 1. The number of aliphatic hydroxyl groups excluding tert-OH is 1. The Morgan fingerprint density at radius 2 is 1.95 bits per heavy atom. The maximum Gasteiger partial charge on any atom is 0.125 e. The van der Waals surface area contributed by atoms with Crippen LogP contribution in [0.2, 0.25) is 0 Å². The molecule has 1 unspecified atom stereocenters. The molecule has 1 aromatic carbocycles. The zero-order valence-corrected chi connectivity index (χ0v) is 12.5. The summed E-state index contributed by atoms with van der Waals surface area (Å²) in [6, 6.07) is 9.39. The van der Waals surface area contributed by atoms with Gasteiger partial charge in [-0.25, -0.2) is 0 Å². The molecular formula is C17H21NO3. The third kappa shape index (κ3) is 3.80. The third-order valence-corrected chi connectivity index (χ3v) is 3.38. The fourth-order valence-electron chi connectivity index (χ4n) is 2.24. The van der Waals surface area contributed by atoms with E-state index >= 15 is 0 Å². The number of para-hydroxylation sites is 1. The molecule has 1 aromatic heterocycles. The highest BCUT2D eigenvalue weighted by atomic mass is 16.5. The fraction of sp³-hybridized carbons (Fsp3) is 0.353. The smallest absolute Gasteiger partial charge is 0.125 e. The summed E-state index contributed by atoms with van der Waals surface area (Å²) < 4.78 is 10.7. The van der Waals surface area contributed by atoms with Crippen molar-refractivity contribution in [3.05, 3.63) is 59.4 Å². The van der Waals surface area contributed by atoms with Crippen LogP contribution in [0.15, 0.2) is 42.7 Å². The first-order chi connectivity index (χ1) is 10.3. The lowest BCUT2D eigenvalue weighted by atomic mass is 9.96. The summed E-state index contributed by atoms with van der Waals surface area (Å²) >= 11 is 0. The van der Waals surface area contributed by atoms with Crippen LogP contribution in [-0.4, -0.2) is 30.4 Å². The first-order valence-electron chi connectivity index (χ1n) is 7.09. The van der Waals surface area contributed by atoms with Crippen molar-refractivity contribution in [2.45, 2.75) is 19.4 Å². The van der Waals surface area contributed by atoms with E-state index in [0.29, 0.717) is 19.0 Å². The van der Waals surface area contributed by atoms with Gasteiger partial charge in [0, 0.05) is 25.1 Å².